The maximum absolute atomic E-state index is 12.5. The standard InChI is InChI=1S/C17H15N3O4S/c1-10-11(2)25-16-15(10)17(23)20(9-18-16)19-7-12-3-5-13(6-4-12)24-8-14(21)22/h3-7,9H,8H2,1-2H3,(H,21,22). The van der Waals surface area contributed by atoms with Crippen molar-refractivity contribution in [2.24, 2.45) is 5.10 Å². The van der Waals surface area contributed by atoms with Gasteiger partial charge in [0.25, 0.3) is 5.56 Å². The molecular formula is C17H15N3O4S. The van der Waals surface area contributed by atoms with Crippen molar-refractivity contribution in [1.29, 1.82) is 0 Å². The fourth-order valence-electron chi connectivity index (χ4n) is 2.23. The fourth-order valence-corrected chi connectivity index (χ4v) is 3.22. The Morgan fingerprint density at radius 2 is 2.08 bits per heavy atom. The zero-order valence-electron chi connectivity index (χ0n) is 13.6. The normalized spacial score (nSPS) is 11.3. The van der Waals surface area contributed by atoms with Crippen molar-refractivity contribution in [1.82, 2.24) is 9.66 Å². The zero-order chi connectivity index (χ0) is 18.0. The van der Waals surface area contributed by atoms with Crippen LogP contribution in [0, 0.1) is 13.8 Å². The number of benzene rings is 1. The molecule has 3 rings (SSSR count). The molecule has 0 spiro atoms. The van der Waals surface area contributed by atoms with Crippen molar-refractivity contribution >= 4 is 33.7 Å². The maximum Gasteiger partial charge on any atom is 0.341 e. The van der Waals surface area contributed by atoms with Gasteiger partial charge in [-0.05, 0) is 49.2 Å². The molecule has 0 amide bonds. The van der Waals surface area contributed by atoms with Gasteiger partial charge >= 0.3 is 5.97 Å². The van der Waals surface area contributed by atoms with Gasteiger partial charge < -0.3 is 9.84 Å². The highest BCUT2D eigenvalue weighted by molar-refractivity contribution is 7.18. The van der Waals surface area contributed by atoms with Gasteiger partial charge in [0, 0.05) is 4.88 Å². The summed E-state index contributed by atoms with van der Waals surface area (Å²) in [6.07, 6.45) is 2.94. The van der Waals surface area contributed by atoms with E-state index in [-0.39, 0.29) is 5.56 Å². The summed E-state index contributed by atoms with van der Waals surface area (Å²) in [7, 11) is 0. The summed E-state index contributed by atoms with van der Waals surface area (Å²) < 4.78 is 6.26. The minimum atomic E-state index is -1.04. The van der Waals surface area contributed by atoms with Crippen LogP contribution in [-0.4, -0.2) is 33.6 Å². The lowest BCUT2D eigenvalue weighted by Crippen LogP contribution is -2.16. The monoisotopic (exact) mass is 357 g/mol. The molecule has 0 saturated heterocycles. The third-order valence-electron chi connectivity index (χ3n) is 3.65. The van der Waals surface area contributed by atoms with Crippen LogP contribution in [0.5, 0.6) is 5.75 Å². The first-order valence-corrected chi connectivity index (χ1v) is 8.23. The molecule has 0 fully saturated rings. The second-order valence-electron chi connectivity index (χ2n) is 5.35. The molecule has 0 unspecified atom stereocenters. The zero-order valence-corrected chi connectivity index (χ0v) is 14.4. The number of ether oxygens (including phenoxy) is 1. The lowest BCUT2D eigenvalue weighted by atomic mass is 10.2. The fraction of sp³-hybridized carbons (Fsp3) is 0.176. The van der Waals surface area contributed by atoms with Gasteiger partial charge in [-0.15, -0.1) is 11.3 Å². The van der Waals surface area contributed by atoms with Crippen LogP contribution in [0.25, 0.3) is 10.2 Å². The number of aromatic nitrogens is 2. The minimum absolute atomic E-state index is 0.204. The van der Waals surface area contributed by atoms with E-state index < -0.39 is 12.6 Å². The molecular weight excluding hydrogens is 342 g/mol. The van der Waals surface area contributed by atoms with Gasteiger partial charge in [0.2, 0.25) is 0 Å². The number of carboxylic acid groups (broad SMARTS) is 1. The molecule has 2 heterocycles. The highest BCUT2D eigenvalue weighted by atomic mass is 32.1. The highest BCUT2D eigenvalue weighted by Gasteiger charge is 2.11. The van der Waals surface area contributed by atoms with E-state index in [4.69, 9.17) is 9.84 Å². The Kier molecular flexibility index (Phi) is 4.62. The third kappa shape index (κ3) is 3.58. The quantitative estimate of drug-likeness (QED) is 0.708. The Morgan fingerprint density at radius 1 is 1.36 bits per heavy atom. The van der Waals surface area contributed by atoms with Gasteiger partial charge in [-0.25, -0.2) is 9.78 Å². The molecule has 1 aromatic carbocycles. The van der Waals surface area contributed by atoms with Gasteiger partial charge in [0.05, 0.1) is 11.6 Å². The Hall–Kier alpha value is -3.00. The largest absolute Gasteiger partial charge is 0.482 e. The van der Waals surface area contributed by atoms with Crippen LogP contribution < -0.4 is 10.3 Å². The minimum Gasteiger partial charge on any atom is -0.482 e. The van der Waals surface area contributed by atoms with Gasteiger partial charge in [0.1, 0.15) is 16.9 Å². The molecule has 8 heteroatoms. The Balaban J connectivity index is 1.83. The van der Waals surface area contributed by atoms with Crippen molar-refractivity contribution in [3.05, 3.63) is 57.0 Å². The number of hydrogen-bond donors (Lipinski definition) is 1. The van der Waals surface area contributed by atoms with Crippen LogP contribution in [0.2, 0.25) is 0 Å². The van der Waals surface area contributed by atoms with Crippen molar-refractivity contribution in [2.45, 2.75) is 13.8 Å². The summed E-state index contributed by atoms with van der Waals surface area (Å²) in [4.78, 5) is 29.1. The summed E-state index contributed by atoms with van der Waals surface area (Å²) in [5.41, 5.74) is 1.47. The topological polar surface area (TPSA) is 93.8 Å². The van der Waals surface area contributed by atoms with Crippen LogP contribution in [0.4, 0.5) is 0 Å². The van der Waals surface area contributed by atoms with Crippen molar-refractivity contribution in [3.63, 3.8) is 0 Å². The molecule has 0 atom stereocenters. The van der Waals surface area contributed by atoms with Crippen LogP contribution in [-0.2, 0) is 4.79 Å². The number of aryl methyl sites for hydroxylation is 2. The molecule has 0 aliphatic rings. The first-order chi connectivity index (χ1) is 12.0. The molecule has 0 bridgehead atoms. The molecule has 128 valence electrons. The third-order valence-corrected chi connectivity index (χ3v) is 4.76. The van der Waals surface area contributed by atoms with E-state index in [1.807, 2.05) is 13.8 Å². The summed E-state index contributed by atoms with van der Waals surface area (Å²) in [6, 6.07) is 6.72. The van der Waals surface area contributed by atoms with Crippen LogP contribution in [0.3, 0.4) is 0 Å². The molecule has 0 aliphatic heterocycles. The number of carbonyl (C=O) groups is 1. The number of fused-ring (bicyclic) bond motifs is 1. The number of thiophene rings is 1. The summed E-state index contributed by atoms with van der Waals surface area (Å²) in [6.45, 7) is 3.47. The van der Waals surface area contributed by atoms with Crippen molar-refractivity contribution in [2.75, 3.05) is 6.61 Å². The van der Waals surface area contributed by atoms with Gasteiger partial charge in [-0.2, -0.15) is 9.78 Å². The molecule has 0 saturated carbocycles. The van der Waals surface area contributed by atoms with Gasteiger partial charge in [-0.1, -0.05) is 0 Å². The average molecular weight is 357 g/mol. The number of carboxylic acids is 1. The van der Waals surface area contributed by atoms with E-state index in [2.05, 4.69) is 10.1 Å². The molecule has 25 heavy (non-hydrogen) atoms. The first kappa shape index (κ1) is 16.8. The van der Waals surface area contributed by atoms with E-state index in [0.29, 0.717) is 16.0 Å². The van der Waals surface area contributed by atoms with E-state index in [1.54, 1.807) is 24.3 Å². The second kappa shape index (κ2) is 6.86. The molecule has 3 aromatic rings. The van der Waals surface area contributed by atoms with Crippen molar-refractivity contribution in [3.8, 4) is 5.75 Å². The maximum atomic E-state index is 12.5. The Bertz CT molecular complexity index is 1020. The second-order valence-corrected chi connectivity index (χ2v) is 6.56. The number of hydrogen-bond acceptors (Lipinski definition) is 6. The SMILES string of the molecule is Cc1sc2ncn(N=Cc3ccc(OCC(=O)O)cc3)c(=O)c2c1C. The van der Waals surface area contributed by atoms with E-state index in [0.717, 1.165) is 16.0 Å². The Morgan fingerprint density at radius 3 is 2.76 bits per heavy atom. The average Bonchev–Trinajstić information content (AvgIpc) is 2.88. The molecule has 0 radical (unpaired) electrons. The lowest BCUT2D eigenvalue weighted by Gasteiger charge is -2.03. The lowest BCUT2D eigenvalue weighted by molar-refractivity contribution is -0.139. The van der Waals surface area contributed by atoms with Gasteiger partial charge in [-0.3, -0.25) is 4.79 Å². The van der Waals surface area contributed by atoms with Gasteiger partial charge in [0.15, 0.2) is 6.61 Å². The summed E-state index contributed by atoms with van der Waals surface area (Å²) in [5.74, 6) is -0.587. The van der Waals surface area contributed by atoms with Crippen LogP contribution in [0.15, 0.2) is 40.5 Å². The van der Waals surface area contributed by atoms with Crippen LogP contribution >= 0.6 is 11.3 Å². The number of nitrogens with zero attached hydrogens (tertiary/aromatic N) is 3. The number of rotatable bonds is 5. The predicted molar refractivity (Wildman–Crippen MR) is 95.9 cm³/mol. The molecule has 2 aromatic heterocycles. The molecule has 0 aliphatic carbocycles. The van der Waals surface area contributed by atoms with E-state index >= 15 is 0 Å². The van der Waals surface area contributed by atoms with E-state index in [9.17, 15) is 9.59 Å². The smallest absolute Gasteiger partial charge is 0.341 e. The predicted octanol–water partition coefficient (Wildman–Crippen LogP) is 2.42. The summed E-state index contributed by atoms with van der Waals surface area (Å²) >= 11 is 1.49. The summed E-state index contributed by atoms with van der Waals surface area (Å²) in [5, 5.41) is 13.3. The number of aliphatic carboxylic acids is 1. The van der Waals surface area contributed by atoms with E-state index in [1.165, 1.54) is 28.6 Å². The molecule has 7 nitrogen and oxygen atoms in total. The molecule has 1 N–H and O–H groups in total. The van der Waals surface area contributed by atoms with Crippen molar-refractivity contribution < 1.29 is 14.6 Å². The first-order valence-electron chi connectivity index (χ1n) is 7.42. The Labute approximate surface area is 146 Å². The van der Waals surface area contributed by atoms with Crippen LogP contribution in [0.1, 0.15) is 16.0 Å². The highest BCUT2D eigenvalue weighted by Crippen LogP contribution is 2.25.